The van der Waals surface area contributed by atoms with Gasteiger partial charge in [-0.15, -0.1) is 0 Å². The number of fused-ring (bicyclic) bond motifs is 1. The van der Waals surface area contributed by atoms with Crippen molar-refractivity contribution in [2.45, 2.75) is 13.3 Å². The third kappa shape index (κ3) is 5.38. The molecule has 0 unspecified atom stereocenters. The van der Waals surface area contributed by atoms with Crippen LogP contribution in [0.25, 0.3) is 10.8 Å². The van der Waals surface area contributed by atoms with Crippen molar-refractivity contribution < 1.29 is 23.8 Å². The molecule has 3 aromatic carbocycles. The van der Waals surface area contributed by atoms with Crippen LogP contribution in [0, 0.1) is 0 Å². The van der Waals surface area contributed by atoms with Gasteiger partial charge in [0.15, 0.2) is 0 Å². The fourth-order valence-electron chi connectivity index (χ4n) is 4.08. The van der Waals surface area contributed by atoms with Gasteiger partial charge in [0.1, 0.15) is 18.1 Å². The van der Waals surface area contributed by atoms with Gasteiger partial charge < -0.3 is 19.5 Å². The first-order valence-corrected chi connectivity index (χ1v) is 11.6. The summed E-state index contributed by atoms with van der Waals surface area (Å²) in [5.74, 6) is -0.122. The van der Waals surface area contributed by atoms with E-state index in [-0.39, 0.29) is 0 Å². The topological polar surface area (TPSA) is 77.1 Å². The summed E-state index contributed by atoms with van der Waals surface area (Å²) in [6.07, 6.45) is 0.804. The second-order valence-electron chi connectivity index (χ2n) is 8.13. The average Bonchev–Trinajstić information content (AvgIpc) is 2.89. The Balaban J connectivity index is 1.52. The van der Waals surface area contributed by atoms with Gasteiger partial charge in [-0.25, -0.2) is 0 Å². The lowest BCUT2D eigenvalue weighted by atomic mass is 10.00. The van der Waals surface area contributed by atoms with E-state index < -0.39 is 11.7 Å². The number of aryl methyl sites for hydroxylation is 1. The number of hydrogen-bond donors (Lipinski definition) is 1. The first-order chi connectivity index (χ1) is 16.6. The number of methoxy groups -OCH3 is 1. The number of Topliss-reactive ketones (excluding diaryl/α,β-unsaturated/α-hetero) is 1. The van der Waals surface area contributed by atoms with Gasteiger partial charge in [-0.05, 0) is 41.6 Å². The lowest BCUT2D eigenvalue weighted by Gasteiger charge is -2.26. The number of carbonyl (C=O) groups is 2. The summed E-state index contributed by atoms with van der Waals surface area (Å²) < 4.78 is 16.8. The number of rotatable bonds is 9. The van der Waals surface area contributed by atoms with Gasteiger partial charge in [-0.1, -0.05) is 37.3 Å². The smallest absolute Gasteiger partial charge is 0.296 e. The number of ketones is 1. The van der Waals surface area contributed by atoms with Crippen molar-refractivity contribution in [2.75, 3.05) is 51.9 Å². The van der Waals surface area contributed by atoms with E-state index in [0.29, 0.717) is 34.7 Å². The third-order valence-corrected chi connectivity index (χ3v) is 6.02. The number of nitrogens with one attached hydrogen (secondary N) is 1. The molecule has 34 heavy (non-hydrogen) atoms. The molecular weight excluding hydrogens is 432 g/mol. The number of ether oxygens (including phenoxy) is 3. The molecule has 0 radical (unpaired) electrons. The number of benzene rings is 3. The molecule has 7 nitrogen and oxygen atoms in total. The first kappa shape index (κ1) is 23.7. The fourth-order valence-corrected chi connectivity index (χ4v) is 4.08. The molecule has 0 aliphatic carbocycles. The van der Waals surface area contributed by atoms with Crippen molar-refractivity contribution >= 4 is 28.2 Å². The Labute approximate surface area is 199 Å². The van der Waals surface area contributed by atoms with Gasteiger partial charge in [0.2, 0.25) is 0 Å². The van der Waals surface area contributed by atoms with E-state index >= 15 is 0 Å². The molecule has 1 N–H and O–H groups in total. The number of carbonyl (C=O) groups excluding carboxylic acids is 2. The van der Waals surface area contributed by atoms with E-state index in [1.807, 2.05) is 43.3 Å². The normalized spacial score (nSPS) is 14.1. The molecule has 0 bridgehead atoms. The molecule has 1 heterocycles. The molecule has 4 rings (SSSR count). The van der Waals surface area contributed by atoms with Crippen LogP contribution in [0.2, 0.25) is 0 Å². The monoisotopic (exact) mass is 462 g/mol. The zero-order chi connectivity index (χ0) is 23.9. The van der Waals surface area contributed by atoms with E-state index in [4.69, 9.17) is 14.2 Å². The molecule has 1 aliphatic heterocycles. The Kier molecular flexibility index (Phi) is 7.77. The Morgan fingerprint density at radius 3 is 2.47 bits per heavy atom. The van der Waals surface area contributed by atoms with Gasteiger partial charge in [0.05, 0.1) is 26.0 Å². The summed E-state index contributed by atoms with van der Waals surface area (Å²) in [7, 11) is 1.53. The lowest BCUT2D eigenvalue weighted by molar-refractivity contribution is -0.112. The van der Waals surface area contributed by atoms with Crippen LogP contribution in [0.15, 0.2) is 54.6 Å². The maximum atomic E-state index is 13.1. The van der Waals surface area contributed by atoms with Crippen LogP contribution in [-0.2, 0) is 16.0 Å². The van der Waals surface area contributed by atoms with Crippen LogP contribution < -0.4 is 14.8 Å². The van der Waals surface area contributed by atoms with Crippen molar-refractivity contribution in [1.82, 2.24) is 4.90 Å². The standard InChI is InChI=1S/C27H30N2O5/c1-3-19-8-10-25(32-2)23(18-19)28-27(31)26(30)22-9-11-24(21-7-5-4-6-20(21)22)34-17-14-29-12-15-33-16-13-29/h4-11,18H,3,12-17H2,1-2H3,(H,28,31). The summed E-state index contributed by atoms with van der Waals surface area (Å²) in [6.45, 7) is 6.66. The predicted octanol–water partition coefficient (Wildman–Crippen LogP) is 3.94. The molecule has 7 heteroatoms. The van der Waals surface area contributed by atoms with E-state index in [2.05, 4.69) is 10.2 Å². The summed E-state index contributed by atoms with van der Waals surface area (Å²) in [6, 6.07) is 16.5. The van der Waals surface area contributed by atoms with Crippen molar-refractivity contribution in [3.05, 3.63) is 65.7 Å². The fraction of sp³-hybridized carbons (Fsp3) is 0.333. The molecule has 1 aliphatic rings. The van der Waals surface area contributed by atoms with E-state index in [1.54, 1.807) is 18.2 Å². The second kappa shape index (κ2) is 11.1. The zero-order valence-electron chi connectivity index (χ0n) is 19.6. The molecule has 1 amide bonds. The SMILES string of the molecule is CCc1ccc(OC)c(NC(=O)C(=O)c2ccc(OCCN3CCOCC3)c3ccccc23)c1. The lowest BCUT2D eigenvalue weighted by Crippen LogP contribution is -2.38. The molecule has 0 atom stereocenters. The minimum Gasteiger partial charge on any atom is -0.495 e. The number of anilines is 1. The number of hydrogen-bond acceptors (Lipinski definition) is 6. The Morgan fingerprint density at radius 2 is 1.74 bits per heavy atom. The summed E-state index contributed by atoms with van der Waals surface area (Å²) in [4.78, 5) is 28.3. The van der Waals surface area contributed by atoms with Crippen molar-refractivity contribution in [3.8, 4) is 11.5 Å². The zero-order valence-corrected chi connectivity index (χ0v) is 19.6. The van der Waals surface area contributed by atoms with Crippen molar-refractivity contribution in [2.24, 2.45) is 0 Å². The summed E-state index contributed by atoms with van der Waals surface area (Å²) >= 11 is 0. The maximum Gasteiger partial charge on any atom is 0.296 e. The number of amides is 1. The predicted molar refractivity (Wildman–Crippen MR) is 132 cm³/mol. The summed E-state index contributed by atoms with van der Waals surface area (Å²) in [5, 5.41) is 4.20. The molecule has 0 saturated carbocycles. The van der Waals surface area contributed by atoms with Gasteiger partial charge in [-0.3, -0.25) is 14.5 Å². The van der Waals surface area contributed by atoms with Crippen LogP contribution in [0.5, 0.6) is 11.5 Å². The van der Waals surface area contributed by atoms with Crippen LogP contribution in [0.4, 0.5) is 5.69 Å². The highest BCUT2D eigenvalue weighted by Crippen LogP contribution is 2.30. The highest BCUT2D eigenvalue weighted by Gasteiger charge is 2.21. The number of morpholine rings is 1. The largest absolute Gasteiger partial charge is 0.495 e. The molecule has 3 aromatic rings. The van der Waals surface area contributed by atoms with Gasteiger partial charge in [0, 0.05) is 30.6 Å². The molecule has 1 saturated heterocycles. The third-order valence-electron chi connectivity index (χ3n) is 6.02. The molecule has 0 spiro atoms. The average molecular weight is 463 g/mol. The minimum absolute atomic E-state index is 0.333. The molecule has 0 aromatic heterocycles. The highest BCUT2D eigenvalue weighted by atomic mass is 16.5. The highest BCUT2D eigenvalue weighted by molar-refractivity contribution is 6.48. The van der Waals surface area contributed by atoms with Gasteiger partial charge in [0.25, 0.3) is 11.7 Å². The van der Waals surface area contributed by atoms with Crippen molar-refractivity contribution in [3.63, 3.8) is 0 Å². The molecule has 178 valence electrons. The van der Waals surface area contributed by atoms with E-state index in [1.165, 1.54) is 7.11 Å². The maximum absolute atomic E-state index is 13.1. The van der Waals surface area contributed by atoms with Crippen LogP contribution >= 0.6 is 0 Å². The van der Waals surface area contributed by atoms with Crippen molar-refractivity contribution in [1.29, 1.82) is 0 Å². The number of nitrogens with zero attached hydrogens (tertiary/aromatic N) is 1. The van der Waals surface area contributed by atoms with Crippen LogP contribution in [-0.4, -0.2) is 63.2 Å². The van der Waals surface area contributed by atoms with Crippen LogP contribution in [0.1, 0.15) is 22.8 Å². The summed E-state index contributed by atoms with van der Waals surface area (Å²) in [5.41, 5.74) is 1.85. The molecular formula is C27H30N2O5. The molecule has 1 fully saturated rings. The van der Waals surface area contributed by atoms with Gasteiger partial charge in [-0.2, -0.15) is 0 Å². The Hall–Kier alpha value is -3.42. The first-order valence-electron chi connectivity index (χ1n) is 11.6. The quantitative estimate of drug-likeness (QED) is 0.383. The van der Waals surface area contributed by atoms with E-state index in [0.717, 1.165) is 50.2 Å². The Bertz CT molecular complexity index is 1170. The minimum atomic E-state index is -0.710. The second-order valence-corrected chi connectivity index (χ2v) is 8.13. The Morgan fingerprint density at radius 1 is 1.00 bits per heavy atom. The van der Waals surface area contributed by atoms with Crippen LogP contribution in [0.3, 0.4) is 0 Å². The van der Waals surface area contributed by atoms with E-state index in [9.17, 15) is 9.59 Å². The van der Waals surface area contributed by atoms with Gasteiger partial charge >= 0.3 is 0 Å².